The van der Waals surface area contributed by atoms with Crippen molar-refractivity contribution in [3.63, 3.8) is 0 Å². The Morgan fingerprint density at radius 1 is 1.11 bits per heavy atom. The number of aliphatic hydroxyl groups excluding tert-OH is 1. The summed E-state index contributed by atoms with van der Waals surface area (Å²) in [6, 6.07) is 13.1. The van der Waals surface area contributed by atoms with Gasteiger partial charge in [-0.25, -0.2) is 0 Å². The van der Waals surface area contributed by atoms with Gasteiger partial charge in [0.2, 0.25) is 0 Å². The number of aliphatic hydroxyl groups is 1. The number of benzene rings is 2. The zero-order chi connectivity index (χ0) is 19.1. The number of phenolic OH excluding ortho intramolecular Hbond substituents is 1. The average Bonchev–Trinajstić information content (AvgIpc) is 3.21. The Kier molecular flexibility index (Phi) is 3.96. The number of aromatic amines is 1. The van der Waals surface area contributed by atoms with Gasteiger partial charge in [-0.1, -0.05) is 37.3 Å². The van der Waals surface area contributed by atoms with Gasteiger partial charge in [-0.2, -0.15) is 0 Å². The molecule has 0 radical (unpaired) electrons. The minimum Gasteiger partial charge on any atom is -0.506 e. The number of Topliss-reactive ketones (excluding diaryl/α,β-unsaturated/α-hetero) is 1. The molecule has 6 nitrogen and oxygen atoms in total. The predicted octanol–water partition coefficient (Wildman–Crippen LogP) is 3.75. The molecule has 1 aliphatic heterocycles. The molecule has 1 aliphatic rings. The number of fused-ring (bicyclic) bond motifs is 1. The zero-order valence-corrected chi connectivity index (χ0v) is 14.6. The number of para-hydroxylation sites is 3. The maximum Gasteiger partial charge on any atom is 0.294 e. The lowest BCUT2D eigenvalue weighted by Gasteiger charge is -2.27. The average molecular weight is 362 g/mol. The number of phenols is 1. The second-order valence-corrected chi connectivity index (χ2v) is 6.40. The summed E-state index contributed by atoms with van der Waals surface area (Å²) in [4.78, 5) is 29.9. The molecule has 0 saturated carbocycles. The van der Waals surface area contributed by atoms with E-state index in [0.717, 1.165) is 10.9 Å². The van der Waals surface area contributed by atoms with Crippen molar-refractivity contribution in [1.82, 2.24) is 4.98 Å². The fourth-order valence-corrected chi connectivity index (χ4v) is 3.61. The van der Waals surface area contributed by atoms with Gasteiger partial charge in [0.25, 0.3) is 5.91 Å². The normalized spacial score (nSPS) is 17.1. The lowest BCUT2D eigenvalue weighted by atomic mass is 9.94. The number of carbonyl (C=O) groups excluding carboxylic acids is 2. The molecule has 27 heavy (non-hydrogen) atoms. The molecule has 3 N–H and O–H groups in total. The SMILES string of the molecule is CCC(=O)C1=C(O)C(=O)N(c2ccccc2O)C1c1c[nH]c2ccccc12. The molecule has 2 aromatic carbocycles. The summed E-state index contributed by atoms with van der Waals surface area (Å²) in [5, 5.41) is 21.6. The highest BCUT2D eigenvalue weighted by atomic mass is 16.3. The number of H-pyrrole nitrogens is 1. The van der Waals surface area contributed by atoms with Gasteiger partial charge in [-0.15, -0.1) is 0 Å². The molecule has 136 valence electrons. The molecule has 0 bridgehead atoms. The largest absolute Gasteiger partial charge is 0.506 e. The van der Waals surface area contributed by atoms with Crippen molar-refractivity contribution in [2.24, 2.45) is 0 Å². The van der Waals surface area contributed by atoms with E-state index < -0.39 is 17.7 Å². The first-order valence-electron chi connectivity index (χ1n) is 8.68. The van der Waals surface area contributed by atoms with Crippen LogP contribution in [0.15, 0.2) is 66.1 Å². The maximum absolute atomic E-state index is 12.9. The Hall–Kier alpha value is -3.54. The van der Waals surface area contributed by atoms with Crippen LogP contribution in [0, 0.1) is 0 Å². The fraction of sp³-hybridized carbons (Fsp3) is 0.143. The number of carbonyl (C=O) groups is 2. The van der Waals surface area contributed by atoms with Crippen molar-refractivity contribution in [3.05, 3.63) is 71.6 Å². The maximum atomic E-state index is 12.9. The summed E-state index contributed by atoms with van der Waals surface area (Å²) in [5.74, 6) is -1.69. The number of amides is 1. The third-order valence-corrected chi connectivity index (χ3v) is 4.89. The molecule has 1 atom stereocenters. The minimum absolute atomic E-state index is 0.0514. The molecular weight excluding hydrogens is 344 g/mol. The highest BCUT2D eigenvalue weighted by Gasteiger charge is 2.45. The van der Waals surface area contributed by atoms with Crippen LogP contribution in [-0.2, 0) is 9.59 Å². The van der Waals surface area contributed by atoms with Crippen LogP contribution in [0.2, 0.25) is 0 Å². The second kappa shape index (κ2) is 6.32. The fourth-order valence-electron chi connectivity index (χ4n) is 3.61. The van der Waals surface area contributed by atoms with E-state index >= 15 is 0 Å². The van der Waals surface area contributed by atoms with Crippen molar-refractivity contribution >= 4 is 28.3 Å². The third kappa shape index (κ3) is 2.49. The van der Waals surface area contributed by atoms with E-state index in [4.69, 9.17) is 0 Å². The van der Waals surface area contributed by atoms with Crippen LogP contribution >= 0.6 is 0 Å². The van der Waals surface area contributed by atoms with Crippen LogP contribution < -0.4 is 4.90 Å². The quantitative estimate of drug-likeness (QED) is 0.659. The number of hydrogen-bond donors (Lipinski definition) is 3. The van der Waals surface area contributed by atoms with Crippen LogP contribution in [0.1, 0.15) is 24.9 Å². The molecule has 4 rings (SSSR count). The topological polar surface area (TPSA) is 93.6 Å². The smallest absolute Gasteiger partial charge is 0.294 e. The number of anilines is 1. The molecule has 0 fully saturated rings. The first-order chi connectivity index (χ1) is 13.0. The van der Waals surface area contributed by atoms with Crippen molar-refractivity contribution < 1.29 is 19.8 Å². The first-order valence-corrected chi connectivity index (χ1v) is 8.68. The summed E-state index contributed by atoms with van der Waals surface area (Å²) in [7, 11) is 0. The van der Waals surface area contributed by atoms with Gasteiger partial charge in [-0.05, 0) is 18.2 Å². The number of aromatic hydroxyl groups is 1. The van der Waals surface area contributed by atoms with Crippen LogP contribution in [0.3, 0.4) is 0 Å². The summed E-state index contributed by atoms with van der Waals surface area (Å²) < 4.78 is 0. The Labute approximate surface area is 155 Å². The van der Waals surface area contributed by atoms with Crippen LogP contribution in [-0.4, -0.2) is 26.9 Å². The van der Waals surface area contributed by atoms with E-state index in [-0.39, 0.29) is 29.2 Å². The van der Waals surface area contributed by atoms with Crippen molar-refractivity contribution in [1.29, 1.82) is 0 Å². The number of nitrogens with one attached hydrogen (secondary N) is 1. The van der Waals surface area contributed by atoms with Gasteiger partial charge < -0.3 is 15.2 Å². The second-order valence-electron chi connectivity index (χ2n) is 6.40. The lowest BCUT2D eigenvalue weighted by molar-refractivity contribution is -0.118. The Morgan fingerprint density at radius 2 is 1.81 bits per heavy atom. The molecular formula is C21H18N2O4. The standard InChI is InChI=1S/C21H18N2O4/c1-2-16(24)18-19(13-11-22-14-8-4-3-7-12(13)14)23(21(27)20(18)26)15-9-5-6-10-17(15)25/h3-11,19,22,25-26H,2H2,1H3. The number of ketones is 1. The summed E-state index contributed by atoms with van der Waals surface area (Å²) in [6.07, 6.45) is 1.89. The summed E-state index contributed by atoms with van der Waals surface area (Å²) in [5.41, 5.74) is 1.83. The van der Waals surface area contributed by atoms with Gasteiger partial charge in [0.15, 0.2) is 11.5 Å². The third-order valence-electron chi connectivity index (χ3n) is 4.89. The predicted molar refractivity (Wildman–Crippen MR) is 102 cm³/mol. The van der Waals surface area contributed by atoms with Crippen molar-refractivity contribution in [3.8, 4) is 5.75 Å². The first kappa shape index (κ1) is 16.9. The number of hydrogen-bond acceptors (Lipinski definition) is 4. The van der Waals surface area contributed by atoms with Crippen molar-refractivity contribution in [2.45, 2.75) is 19.4 Å². The lowest BCUT2D eigenvalue weighted by Crippen LogP contribution is -2.31. The number of nitrogens with zero attached hydrogens (tertiary/aromatic N) is 1. The van der Waals surface area contributed by atoms with Gasteiger partial charge in [0, 0.05) is 29.1 Å². The minimum atomic E-state index is -0.825. The molecule has 0 aliphatic carbocycles. The molecule has 0 spiro atoms. The van der Waals surface area contributed by atoms with Gasteiger partial charge in [-0.3, -0.25) is 14.5 Å². The van der Waals surface area contributed by atoms with E-state index in [1.165, 1.54) is 11.0 Å². The van der Waals surface area contributed by atoms with Gasteiger partial charge >= 0.3 is 0 Å². The highest BCUT2D eigenvalue weighted by Crippen LogP contribution is 2.45. The van der Waals surface area contributed by atoms with E-state index in [1.54, 1.807) is 31.3 Å². The summed E-state index contributed by atoms with van der Waals surface area (Å²) >= 11 is 0. The van der Waals surface area contributed by atoms with Crippen LogP contribution in [0.25, 0.3) is 10.9 Å². The molecule has 0 saturated heterocycles. The Balaban J connectivity index is 1.98. The molecule has 1 amide bonds. The summed E-state index contributed by atoms with van der Waals surface area (Å²) in [6.45, 7) is 1.68. The zero-order valence-electron chi connectivity index (χ0n) is 14.6. The Morgan fingerprint density at radius 3 is 2.56 bits per heavy atom. The number of rotatable bonds is 4. The molecule has 2 heterocycles. The van der Waals surface area contributed by atoms with Gasteiger partial charge in [0.05, 0.1) is 17.3 Å². The highest BCUT2D eigenvalue weighted by molar-refractivity contribution is 6.17. The van der Waals surface area contributed by atoms with E-state index in [0.29, 0.717) is 5.56 Å². The van der Waals surface area contributed by atoms with E-state index in [9.17, 15) is 19.8 Å². The molecule has 3 aromatic rings. The van der Waals surface area contributed by atoms with Crippen molar-refractivity contribution in [2.75, 3.05) is 4.90 Å². The molecule has 1 unspecified atom stereocenters. The van der Waals surface area contributed by atoms with E-state index in [1.807, 2.05) is 24.3 Å². The van der Waals surface area contributed by atoms with Crippen LogP contribution in [0.5, 0.6) is 5.75 Å². The number of aromatic nitrogens is 1. The molecule has 6 heteroatoms. The van der Waals surface area contributed by atoms with Gasteiger partial charge in [0.1, 0.15) is 5.75 Å². The van der Waals surface area contributed by atoms with E-state index in [2.05, 4.69) is 4.98 Å². The Bertz CT molecular complexity index is 1100. The monoisotopic (exact) mass is 362 g/mol. The molecule has 1 aromatic heterocycles. The van der Waals surface area contributed by atoms with Crippen LogP contribution in [0.4, 0.5) is 5.69 Å².